The van der Waals surface area contributed by atoms with Gasteiger partial charge in [-0.15, -0.1) is 12.4 Å². The van der Waals surface area contributed by atoms with Gasteiger partial charge in [0, 0.05) is 18.7 Å². The average Bonchev–Trinajstić information content (AvgIpc) is 2.61. The summed E-state index contributed by atoms with van der Waals surface area (Å²) in [6.07, 6.45) is 1.13. The number of alkyl halides is 2. The zero-order chi connectivity index (χ0) is 12.8. The lowest BCUT2D eigenvalue weighted by Crippen LogP contribution is -2.19. The second-order valence-corrected chi connectivity index (χ2v) is 3.91. The Hall–Kier alpha value is -1.21. The molecule has 1 aromatic rings. The van der Waals surface area contributed by atoms with Crippen LogP contribution in [-0.2, 0) is 11.3 Å². The second-order valence-electron chi connectivity index (χ2n) is 3.91. The molecule has 1 heterocycles. The maximum atomic E-state index is 12.0. The Bertz CT molecular complexity index is 371. The summed E-state index contributed by atoms with van der Waals surface area (Å²) in [5.74, 6) is -0.195. The molecule has 104 valence electrons. The first-order valence-corrected chi connectivity index (χ1v) is 5.33. The second kappa shape index (κ2) is 7.99. The number of nitrogens with one attached hydrogen (secondary N) is 1. The van der Waals surface area contributed by atoms with E-state index in [1.54, 1.807) is 0 Å². The van der Waals surface area contributed by atoms with Gasteiger partial charge < -0.3 is 11.1 Å². The van der Waals surface area contributed by atoms with Crippen molar-refractivity contribution in [2.75, 3.05) is 5.32 Å². The summed E-state index contributed by atoms with van der Waals surface area (Å²) in [6.45, 7) is 1.34. The van der Waals surface area contributed by atoms with Gasteiger partial charge in [-0.2, -0.15) is 5.10 Å². The lowest BCUT2D eigenvalue weighted by Gasteiger charge is -2.04. The molecule has 1 amide bonds. The molecule has 0 saturated carbocycles. The quantitative estimate of drug-likeness (QED) is 0.833. The third-order valence-electron chi connectivity index (χ3n) is 2.07. The number of carbonyl (C=O) groups is 1. The number of rotatable bonds is 6. The zero-order valence-electron chi connectivity index (χ0n) is 9.97. The van der Waals surface area contributed by atoms with Gasteiger partial charge in [0.1, 0.15) is 6.54 Å². The Morgan fingerprint density at radius 2 is 2.28 bits per heavy atom. The summed E-state index contributed by atoms with van der Waals surface area (Å²) >= 11 is 0. The molecule has 1 rings (SSSR count). The zero-order valence-corrected chi connectivity index (χ0v) is 10.8. The molecule has 1 atom stereocenters. The van der Waals surface area contributed by atoms with Crippen LogP contribution in [0.15, 0.2) is 12.4 Å². The van der Waals surface area contributed by atoms with Crippen LogP contribution in [0.1, 0.15) is 19.8 Å². The first-order valence-electron chi connectivity index (χ1n) is 5.33. The minimum absolute atomic E-state index is 0. The van der Waals surface area contributed by atoms with E-state index in [9.17, 15) is 13.6 Å². The van der Waals surface area contributed by atoms with Crippen LogP contribution in [0.3, 0.4) is 0 Å². The van der Waals surface area contributed by atoms with Gasteiger partial charge in [-0.05, 0) is 13.3 Å². The van der Waals surface area contributed by atoms with E-state index in [1.807, 2.05) is 6.92 Å². The summed E-state index contributed by atoms with van der Waals surface area (Å²) < 4.78 is 25.2. The molecule has 0 saturated heterocycles. The number of nitrogens with two attached hydrogens (primary N) is 1. The Balaban J connectivity index is 0.00000289. The lowest BCUT2D eigenvalue weighted by molar-refractivity contribution is -0.116. The predicted molar refractivity (Wildman–Crippen MR) is 67.0 cm³/mol. The average molecular weight is 283 g/mol. The third-order valence-corrected chi connectivity index (χ3v) is 2.07. The van der Waals surface area contributed by atoms with Crippen LogP contribution in [-0.4, -0.2) is 28.2 Å². The van der Waals surface area contributed by atoms with E-state index in [0.717, 1.165) is 4.68 Å². The molecule has 0 aliphatic carbocycles. The molecule has 8 heteroatoms. The Morgan fingerprint density at radius 3 is 2.83 bits per heavy atom. The van der Waals surface area contributed by atoms with Gasteiger partial charge in [-0.3, -0.25) is 9.48 Å². The van der Waals surface area contributed by atoms with Gasteiger partial charge >= 0.3 is 0 Å². The number of aromatic nitrogens is 2. The predicted octanol–water partition coefficient (Wildman–Crippen LogP) is 1.64. The van der Waals surface area contributed by atoms with Gasteiger partial charge in [-0.25, -0.2) is 8.78 Å². The highest BCUT2D eigenvalue weighted by Gasteiger charge is 2.08. The van der Waals surface area contributed by atoms with Crippen LogP contribution in [0.2, 0.25) is 0 Å². The van der Waals surface area contributed by atoms with Gasteiger partial charge in [0.25, 0.3) is 6.43 Å². The molecule has 0 fully saturated rings. The van der Waals surface area contributed by atoms with Gasteiger partial charge in [0.15, 0.2) is 0 Å². The van der Waals surface area contributed by atoms with E-state index in [4.69, 9.17) is 5.73 Å². The molecule has 18 heavy (non-hydrogen) atoms. The molecule has 0 radical (unpaired) electrons. The highest BCUT2D eigenvalue weighted by atomic mass is 35.5. The number of nitrogens with zero attached hydrogens (tertiary/aromatic N) is 2. The molecule has 0 aromatic carbocycles. The Labute approximate surface area is 110 Å². The monoisotopic (exact) mass is 282 g/mol. The number of carbonyl (C=O) groups excluding carboxylic acids is 1. The first-order chi connectivity index (χ1) is 7.97. The molecule has 0 bridgehead atoms. The van der Waals surface area contributed by atoms with Crippen molar-refractivity contribution in [3.8, 4) is 0 Å². The molecule has 3 N–H and O–H groups in total. The number of halogens is 3. The lowest BCUT2D eigenvalue weighted by atomic mass is 10.2. The molecular weight excluding hydrogens is 266 g/mol. The highest BCUT2D eigenvalue weighted by molar-refractivity contribution is 5.90. The molecule has 0 aliphatic rings. The smallest absolute Gasteiger partial charge is 0.257 e. The molecule has 1 aromatic heterocycles. The van der Waals surface area contributed by atoms with Crippen molar-refractivity contribution in [2.45, 2.75) is 38.8 Å². The van der Waals surface area contributed by atoms with E-state index in [1.165, 1.54) is 12.4 Å². The SMILES string of the molecule is CC(N)CCC(=O)Nc1cnn(CC(F)F)c1.Cl. The minimum Gasteiger partial charge on any atom is -0.328 e. The molecule has 0 aliphatic heterocycles. The van der Waals surface area contributed by atoms with Crippen LogP contribution in [0, 0.1) is 0 Å². The van der Waals surface area contributed by atoms with Crippen LogP contribution < -0.4 is 11.1 Å². The highest BCUT2D eigenvalue weighted by Crippen LogP contribution is 2.08. The van der Waals surface area contributed by atoms with Crippen LogP contribution >= 0.6 is 12.4 Å². The van der Waals surface area contributed by atoms with Crippen LogP contribution in [0.5, 0.6) is 0 Å². The van der Waals surface area contributed by atoms with E-state index < -0.39 is 13.0 Å². The minimum atomic E-state index is -2.46. The topological polar surface area (TPSA) is 72.9 Å². The van der Waals surface area contributed by atoms with E-state index in [0.29, 0.717) is 18.5 Å². The Morgan fingerprint density at radius 1 is 1.61 bits per heavy atom. The molecular formula is C10H17ClF2N4O. The van der Waals surface area contributed by atoms with Gasteiger partial charge in [0.2, 0.25) is 5.91 Å². The summed E-state index contributed by atoms with van der Waals surface area (Å²) in [5, 5.41) is 6.27. The number of hydrogen-bond acceptors (Lipinski definition) is 3. The standard InChI is InChI=1S/C10H16F2N4O.ClH/c1-7(13)2-3-10(17)15-8-4-14-16(5-8)6-9(11)12;/h4-5,7,9H,2-3,6,13H2,1H3,(H,15,17);1H. The normalized spacial score (nSPS) is 12.1. The number of hydrogen-bond donors (Lipinski definition) is 2. The van der Waals surface area contributed by atoms with Crippen molar-refractivity contribution in [3.05, 3.63) is 12.4 Å². The van der Waals surface area contributed by atoms with Crippen molar-refractivity contribution in [2.24, 2.45) is 5.73 Å². The summed E-state index contributed by atoms with van der Waals surface area (Å²) in [7, 11) is 0. The fraction of sp³-hybridized carbons (Fsp3) is 0.600. The van der Waals surface area contributed by atoms with E-state index in [2.05, 4.69) is 10.4 Å². The Kier molecular flexibility index (Phi) is 7.45. The first kappa shape index (κ1) is 16.8. The van der Waals surface area contributed by atoms with Gasteiger partial charge in [0.05, 0.1) is 11.9 Å². The van der Waals surface area contributed by atoms with Crippen molar-refractivity contribution < 1.29 is 13.6 Å². The fourth-order valence-electron chi connectivity index (χ4n) is 1.25. The maximum Gasteiger partial charge on any atom is 0.257 e. The van der Waals surface area contributed by atoms with Crippen molar-refractivity contribution in [1.82, 2.24) is 9.78 Å². The maximum absolute atomic E-state index is 12.0. The van der Waals surface area contributed by atoms with Crippen molar-refractivity contribution in [1.29, 1.82) is 0 Å². The molecule has 0 spiro atoms. The number of amides is 1. The largest absolute Gasteiger partial charge is 0.328 e. The molecule has 1 unspecified atom stereocenters. The van der Waals surface area contributed by atoms with E-state index in [-0.39, 0.29) is 24.4 Å². The number of anilines is 1. The van der Waals surface area contributed by atoms with Crippen LogP contribution in [0.25, 0.3) is 0 Å². The van der Waals surface area contributed by atoms with Crippen molar-refractivity contribution >= 4 is 24.0 Å². The summed E-state index contributed by atoms with van der Waals surface area (Å²) in [4.78, 5) is 11.4. The van der Waals surface area contributed by atoms with Crippen LogP contribution in [0.4, 0.5) is 14.5 Å². The summed E-state index contributed by atoms with van der Waals surface area (Å²) in [5.41, 5.74) is 5.93. The fourth-order valence-corrected chi connectivity index (χ4v) is 1.25. The molecule has 5 nitrogen and oxygen atoms in total. The summed E-state index contributed by atoms with van der Waals surface area (Å²) in [6, 6.07) is -0.0395. The van der Waals surface area contributed by atoms with Gasteiger partial charge in [-0.1, -0.05) is 0 Å². The van der Waals surface area contributed by atoms with Crippen molar-refractivity contribution in [3.63, 3.8) is 0 Å². The third kappa shape index (κ3) is 6.51. The van der Waals surface area contributed by atoms with E-state index >= 15 is 0 Å².